The molecule has 3 aromatic rings. The summed E-state index contributed by atoms with van der Waals surface area (Å²) in [5, 5.41) is 9.65. The van der Waals surface area contributed by atoms with Crippen LogP contribution in [0.5, 0.6) is 0 Å². The minimum Gasteiger partial charge on any atom is -0.383 e. The molecule has 0 aliphatic carbocycles. The van der Waals surface area contributed by atoms with Crippen molar-refractivity contribution in [3.63, 3.8) is 0 Å². The number of aromatic nitrogens is 1. The van der Waals surface area contributed by atoms with E-state index in [1.165, 1.54) is 17.7 Å². The van der Waals surface area contributed by atoms with Crippen molar-refractivity contribution in [2.75, 3.05) is 5.73 Å². The lowest BCUT2D eigenvalue weighted by Crippen LogP contribution is -2.10. The van der Waals surface area contributed by atoms with Gasteiger partial charge in [0.25, 0.3) is 0 Å². The van der Waals surface area contributed by atoms with Crippen molar-refractivity contribution in [1.29, 1.82) is 5.26 Å². The van der Waals surface area contributed by atoms with Gasteiger partial charge in [0.1, 0.15) is 23.3 Å². The SMILES string of the molecule is Cc1c(-c2ccc(F)cc2)nc(N)c(C#N)c1-c1ccc(C(C)(C)C)cc1. The number of nitrogen functional groups attached to an aromatic ring is 1. The van der Waals surface area contributed by atoms with E-state index in [0.29, 0.717) is 11.3 Å². The quantitative estimate of drug-likeness (QED) is 0.646. The van der Waals surface area contributed by atoms with Gasteiger partial charge in [-0.15, -0.1) is 0 Å². The van der Waals surface area contributed by atoms with Gasteiger partial charge in [-0.3, -0.25) is 0 Å². The molecule has 0 fully saturated rings. The van der Waals surface area contributed by atoms with Gasteiger partial charge < -0.3 is 5.73 Å². The Kier molecular flexibility index (Phi) is 4.72. The molecule has 1 aromatic heterocycles. The summed E-state index contributed by atoms with van der Waals surface area (Å²) in [6, 6.07) is 16.5. The molecule has 1 heterocycles. The molecule has 0 aliphatic rings. The maximum absolute atomic E-state index is 13.3. The van der Waals surface area contributed by atoms with E-state index in [9.17, 15) is 9.65 Å². The van der Waals surface area contributed by atoms with Gasteiger partial charge in [0.05, 0.1) is 5.69 Å². The minimum absolute atomic E-state index is 0.0438. The predicted octanol–water partition coefficient (Wildman–Crippen LogP) is 5.61. The van der Waals surface area contributed by atoms with Crippen molar-refractivity contribution < 1.29 is 4.39 Å². The van der Waals surface area contributed by atoms with Crippen LogP contribution in [0, 0.1) is 24.1 Å². The fourth-order valence-corrected chi connectivity index (χ4v) is 3.19. The highest BCUT2D eigenvalue weighted by Crippen LogP contribution is 2.36. The van der Waals surface area contributed by atoms with Gasteiger partial charge in [0.2, 0.25) is 0 Å². The summed E-state index contributed by atoms with van der Waals surface area (Å²) in [7, 11) is 0. The Morgan fingerprint density at radius 1 is 0.963 bits per heavy atom. The smallest absolute Gasteiger partial charge is 0.142 e. The molecule has 3 nitrogen and oxygen atoms in total. The van der Waals surface area contributed by atoms with Gasteiger partial charge in [-0.05, 0) is 53.3 Å². The van der Waals surface area contributed by atoms with E-state index >= 15 is 0 Å². The van der Waals surface area contributed by atoms with Crippen molar-refractivity contribution in [2.24, 2.45) is 0 Å². The molecule has 0 saturated heterocycles. The van der Waals surface area contributed by atoms with Gasteiger partial charge in [0, 0.05) is 11.1 Å². The summed E-state index contributed by atoms with van der Waals surface area (Å²) >= 11 is 0. The van der Waals surface area contributed by atoms with Crippen LogP contribution < -0.4 is 5.73 Å². The average Bonchev–Trinajstić information content (AvgIpc) is 2.63. The first-order valence-corrected chi connectivity index (χ1v) is 8.79. The first-order chi connectivity index (χ1) is 12.7. The zero-order valence-electron chi connectivity index (χ0n) is 16.0. The first-order valence-electron chi connectivity index (χ1n) is 8.79. The summed E-state index contributed by atoms with van der Waals surface area (Å²) in [6.07, 6.45) is 0. The molecule has 4 heteroatoms. The second-order valence-electron chi connectivity index (χ2n) is 7.67. The van der Waals surface area contributed by atoms with Crippen molar-refractivity contribution in [3.8, 4) is 28.5 Å². The third kappa shape index (κ3) is 3.54. The monoisotopic (exact) mass is 359 g/mol. The van der Waals surface area contributed by atoms with Gasteiger partial charge >= 0.3 is 0 Å². The van der Waals surface area contributed by atoms with Crippen LogP contribution in [-0.4, -0.2) is 4.98 Å². The van der Waals surface area contributed by atoms with Gasteiger partial charge in [-0.2, -0.15) is 5.26 Å². The van der Waals surface area contributed by atoms with Crippen LogP contribution in [0.2, 0.25) is 0 Å². The molecule has 0 unspecified atom stereocenters. The van der Waals surface area contributed by atoms with E-state index in [2.05, 4.69) is 44.0 Å². The second kappa shape index (κ2) is 6.85. The number of benzene rings is 2. The highest BCUT2D eigenvalue weighted by Gasteiger charge is 2.19. The number of nitrogens with zero attached hydrogens (tertiary/aromatic N) is 2. The normalized spacial score (nSPS) is 11.3. The topological polar surface area (TPSA) is 62.7 Å². The molecule has 0 radical (unpaired) electrons. The van der Waals surface area contributed by atoms with Crippen LogP contribution in [0.15, 0.2) is 48.5 Å². The van der Waals surface area contributed by atoms with Crippen LogP contribution in [-0.2, 0) is 5.41 Å². The third-order valence-electron chi connectivity index (χ3n) is 4.74. The number of halogens is 1. The Morgan fingerprint density at radius 3 is 2.04 bits per heavy atom. The minimum atomic E-state index is -0.309. The van der Waals surface area contributed by atoms with E-state index in [1.807, 2.05) is 19.1 Å². The molecule has 0 spiro atoms. The number of anilines is 1. The maximum atomic E-state index is 13.3. The third-order valence-corrected chi connectivity index (χ3v) is 4.74. The summed E-state index contributed by atoms with van der Waals surface area (Å²) in [6.45, 7) is 8.39. The van der Waals surface area contributed by atoms with E-state index in [-0.39, 0.29) is 17.1 Å². The average molecular weight is 359 g/mol. The number of hydrogen-bond donors (Lipinski definition) is 1. The Hall–Kier alpha value is -3.19. The standard InChI is InChI=1S/C23H22FN3/c1-14-20(15-5-9-17(10-6-15)23(2,3)4)19(13-25)22(26)27-21(14)16-7-11-18(24)12-8-16/h5-12H,1-4H3,(H2,26,27). The second-order valence-corrected chi connectivity index (χ2v) is 7.67. The molecule has 2 N–H and O–H groups in total. The molecule has 0 atom stereocenters. The fraction of sp³-hybridized carbons (Fsp3) is 0.217. The lowest BCUT2D eigenvalue weighted by molar-refractivity contribution is 0.590. The Morgan fingerprint density at radius 2 is 1.52 bits per heavy atom. The van der Waals surface area contributed by atoms with Crippen LogP contribution in [0.25, 0.3) is 22.4 Å². The number of rotatable bonds is 2. The van der Waals surface area contributed by atoms with Crippen LogP contribution in [0.4, 0.5) is 10.2 Å². The van der Waals surface area contributed by atoms with Gasteiger partial charge in [-0.1, -0.05) is 45.0 Å². The summed E-state index contributed by atoms with van der Waals surface area (Å²) in [4.78, 5) is 4.42. The number of nitrogens with two attached hydrogens (primary N) is 1. The van der Waals surface area contributed by atoms with Crippen molar-refractivity contribution in [1.82, 2.24) is 4.98 Å². The highest BCUT2D eigenvalue weighted by atomic mass is 19.1. The van der Waals surface area contributed by atoms with Crippen molar-refractivity contribution >= 4 is 5.82 Å². The summed E-state index contributed by atoms with van der Waals surface area (Å²) < 4.78 is 13.3. The lowest BCUT2D eigenvalue weighted by atomic mass is 9.85. The molecule has 136 valence electrons. The van der Waals surface area contributed by atoms with Crippen LogP contribution in [0.1, 0.15) is 37.5 Å². The van der Waals surface area contributed by atoms with Gasteiger partial charge in [0.15, 0.2) is 0 Å². The lowest BCUT2D eigenvalue weighted by Gasteiger charge is -2.20. The molecule has 2 aromatic carbocycles. The number of pyridine rings is 1. The van der Waals surface area contributed by atoms with E-state index < -0.39 is 0 Å². The predicted molar refractivity (Wildman–Crippen MR) is 108 cm³/mol. The molecule has 0 amide bonds. The molecular weight excluding hydrogens is 337 g/mol. The highest BCUT2D eigenvalue weighted by molar-refractivity contribution is 5.84. The van der Waals surface area contributed by atoms with Crippen LogP contribution in [0.3, 0.4) is 0 Å². The zero-order chi connectivity index (χ0) is 19.8. The van der Waals surface area contributed by atoms with E-state index in [1.54, 1.807) is 12.1 Å². The summed E-state index contributed by atoms with van der Waals surface area (Å²) in [5.41, 5.74) is 11.7. The molecule has 0 bridgehead atoms. The molecule has 0 aliphatic heterocycles. The van der Waals surface area contributed by atoms with Crippen molar-refractivity contribution in [3.05, 3.63) is 71.0 Å². The Bertz CT molecular complexity index is 1020. The largest absolute Gasteiger partial charge is 0.383 e. The molecule has 27 heavy (non-hydrogen) atoms. The molecule has 0 saturated carbocycles. The molecular formula is C23H22FN3. The Labute approximate surface area is 159 Å². The fourth-order valence-electron chi connectivity index (χ4n) is 3.19. The number of hydrogen-bond acceptors (Lipinski definition) is 3. The van der Waals surface area contributed by atoms with Gasteiger partial charge in [-0.25, -0.2) is 9.37 Å². The van der Waals surface area contributed by atoms with Crippen LogP contribution >= 0.6 is 0 Å². The Balaban J connectivity index is 2.22. The van der Waals surface area contributed by atoms with Crippen molar-refractivity contribution in [2.45, 2.75) is 33.1 Å². The zero-order valence-corrected chi connectivity index (χ0v) is 16.0. The maximum Gasteiger partial charge on any atom is 0.142 e. The number of nitriles is 1. The molecule has 3 rings (SSSR count). The first kappa shape index (κ1) is 18.6. The summed E-state index contributed by atoms with van der Waals surface area (Å²) in [5.74, 6) is -0.131. The van der Waals surface area contributed by atoms with E-state index in [4.69, 9.17) is 5.73 Å². The van der Waals surface area contributed by atoms with E-state index in [0.717, 1.165) is 22.3 Å².